The van der Waals surface area contributed by atoms with Crippen LogP contribution in [0.5, 0.6) is 11.5 Å². The van der Waals surface area contributed by atoms with E-state index in [2.05, 4.69) is 61.4 Å². The fourth-order valence-electron chi connectivity index (χ4n) is 2.28. The molecular weight excluding hydrogens is 453 g/mol. The smallest absolute Gasteiger partial charge is 0.162 e. The van der Waals surface area contributed by atoms with Gasteiger partial charge in [0.2, 0.25) is 0 Å². The number of thiophene rings is 1. The summed E-state index contributed by atoms with van der Waals surface area (Å²) in [6, 6.07) is 6.39. The summed E-state index contributed by atoms with van der Waals surface area (Å²) in [6.07, 6.45) is 0. The minimum absolute atomic E-state index is 0.139. The maximum atomic E-state index is 5.68. The van der Waals surface area contributed by atoms with E-state index in [1.54, 1.807) is 11.3 Å². The second kappa shape index (κ2) is 6.21. The Bertz CT molecular complexity index is 632. The van der Waals surface area contributed by atoms with E-state index in [0.29, 0.717) is 13.2 Å². The molecule has 1 N–H and O–H groups in total. The summed E-state index contributed by atoms with van der Waals surface area (Å²) < 4.78 is 13.6. The SMILES string of the molecule is CNC(c1csc(I)c1)c1cc2c(cc1Br)OCCO2. The lowest BCUT2D eigenvalue weighted by Gasteiger charge is -2.23. The van der Waals surface area contributed by atoms with Gasteiger partial charge in [-0.2, -0.15) is 0 Å². The number of benzene rings is 1. The van der Waals surface area contributed by atoms with Gasteiger partial charge in [-0.1, -0.05) is 15.9 Å². The third-order valence-corrected chi connectivity index (χ3v) is 5.68. The van der Waals surface area contributed by atoms with E-state index in [1.165, 1.54) is 8.45 Å². The summed E-state index contributed by atoms with van der Waals surface area (Å²) in [5.74, 6) is 1.63. The van der Waals surface area contributed by atoms with Crippen LogP contribution in [0.4, 0.5) is 0 Å². The van der Waals surface area contributed by atoms with Crippen LogP contribution >= 0.6 is 49.9 Å². The van der Waals surface area contributed by atoms with Crippen molar-refractivity contribution in [2.75, 3.05) is 20.3 Å². The van der Waals surface area contributed by atoms with Crippen molar-refractivity contribution in [3.63, 3.8) is 0 Å². The first-order chi connectivity index (χ1) is 9.69. The fraction of sp³-hybridized carbons (Fsp3) is 0.286. The lowest BCUT2D eigenvalue weighted by molar-refractivity contribution is 0.171. The van der Waals surface area contributed by atoms with E-state index in [9.17, 15) is 0 Å². The quantitative estimate of drug-likeness (QED) is 0.689. The molecule has 0 saturated carbocycles. The Balaban J connectivity index is 2.03. The van der Waals surface area contributed by atoms with Gasteiger partial charge >= 0.3 is 0 Å². The number of ether oxygens (including phenoxy) is 2. The summed E-state index contributed by atoms with van der Waals surface area (Å²) in [5.41, 5.74) is 2.42. The van der Waals surface area contributed by atoms with Crippen molar-refractivity contribution in [1.29, 1.82) is 0 Å². The van der Waals surface area contributed by atoms with Crippen LogP contribution in [0.25, 0.3) is 0 Å². The molecule has 106 valence electrons. The summed E-state index contributed by atoms with van der Waals surface area (Å²) in [6.45, 7) is 1.21. The van der Waals surface area contributed by atoms with E-state index < -0.39 is 0 Å². The molecule has 3 nitrogen and oxygen atoms in total. The summed E-state index contributed by atoms with van der Waals surface area (Å²) in [5, 5.41) is 5.56. The molecule has 6 heteroatoms. The van der Waals surface area contributed by atoms with E-state index in [-0.39, 0.29) is 6.04 Å². The molecular formula is C14H13BrINO2S. The molecule has 0 radical (unpaired) electrons. The molecule has 0 fully saturated rings. The van der Waals surface area contributed by atoms with Crippen LogP contribution in [0.2, 0.25) is 0 Å². The van der Waals surface area contributed by atoms with Gasteiger partial charge in [-0.05, 0) is 64.3 Å². The number of hydrogen-bond acceptors (Lipinski definition) is 4. The predicted octanol–water partition coefficient (Wildman–Crippen LogP) is 4.20. The van der Waals surface area contributed by atoms with E-state index in [4.69, 9.17) is 9.47 Å². The van der Waals surface area contributed by atoms with Crippen molar-refractivity contribution in [1.82, 2.24) is 5.32 Å². The average molecular weight is 466 g/mol. The molecule has 0 saturated heterocycles. The largest absolute Gasteiger partial charge is 0.486 e. The molecule has 0 amide bonds. The monoisotopic (exact) mass is 465 g/mol. The highest BCUT2D eigenvalue weighted by molar-refractivity contribution is 14.1. The highest BCUT2D eigenvalue weighted by Gasteiger charge is 2.21. The molecule has 1 unspecified atom stereocenters. The Morgan fingerprint density at radius 3 is 2.55 bits per heavy atom. The van der Waals surface area contributed by atoms with Gasteiger partial charge in [0.15, 0.2) is 11.5 Å². The predicted molar refractivity (Wildman–Crippen MR) is 93.1 cm³/mol. The molecule has 1 aliphatic rings. The topological polar surface area (TPSA) is 30.5 Å². The van der Waals surface area contributed by atoms with Crippen molar-refractivity contribution in [3.8, 4) is 11.5 Å². The van der Waals surface area contributed by atoms with Crippen molar-refractivity contribution < 1.29 is 9.47 Å². The fourth-order valence-corrected chi connectivity index (χ4v) is 4.23. The zero-order chi connectivity index (χ0) is 14.1. The lowest BCUT2D eigenvalue weighted by atomic mass is 10.0. The number of halogens is 2. The second-order valence-corrected chi connectivity index (χ2v) is 8.08. The van der Waals surface area contributed by atoms with Crippen LogP contribution in [0.3, 0.4) is 0 Å². The molecule has 1 aromatic carbocycles. The third kappa shape index (κ3) is 2.84. The van der Waals surface area contributed by atoms with Crippen LogP contribution in [0, 0.1) is 2.88 Å². The zero-order valence-electron chi connectivity index (χ0n) is 10.8. The Hall–Kier alpha value is -0.310. The van der Waals surface area contributed by atoms with Gasteiger partial charge in [0.1, 0.15) is 13.2 Å². The normalized spacial score (nSPS) is 15.2. The second-order valence-electron chi connectivity index (χ2n) is 4.42. The minimum atomic E-state index is 0.139. The third-order valence-electron chi connectivity index (χ3n) is 3.18. The maximum absolute atomic E-state index is 5.68. The molecule has 1 atom stereocenters. The molecule has 2 heterocycles. The van der Waals surface area contributed by atoms with Crippen molar-refractivity contribution in [2.24, 2.45) is 0 Å². The molecule has 3 rings (SSSR count). The number of nitrogens with one attached hydrogen (secondary N) is 1. The summed E-state index contributed by atoms with van der Waals surface area (Å²) >= 11 is 7.75. The highest BCUT2D eigenvalue weighted by Crippen LogP contribution is 2.40. The van der Waals surface area contributed by atoms with Gasteiger partial charge in [0, 0.05) is 4.47 Å². The number of fused-ring (bicyclic) bond motifs is 1. The van der Waals surface area contributed by atoms with Gasteiger partial charge in [-0.3, -0.25) is 0 Å². The zero-order valence-corrected chi connectivity index (χ0v) is 15.3. The number of hydrogen-bond donors (Lipinski definition) is 1. The van der Waals surface area contributed by atoms with Crippen molar-refractivity contribution in [3.05, 3.63) is 42.1 Å². The minimum Gasteiger partial charge on any atom is -0.486 e. The molecule has 0 bridgehead atoms. The van der Waals surface area contributed by atoms with Crippen LogP contribution < -0.4 is 14.8 Å². The van der Waals surface area contributed by atoms with Crippen LogP contribution in [-0.2, 0) is 0 Å². The van der Waals surface area contributed by atoms with E-state index >= 15 is 0 Å². The molecule has 0 spiro atoms. The molecule has 1 aliphatic heterocycles. The summed E-state index contributed by atoms with van der Waals surface area (Å²) in [7, 11) is 1.97. The Labute approximate surface area is 143 Å². The Kier molecular flexibility index (Phi) is 4.54. The van der Waals surface area contributed by atoms with Crippen molar-refractivity contribution >= 4 is 49.9 Å². The standard InChI is InChI=1S/C14H13BrINO2S/c1-17-14(8-4-13(16)20-7-8)9-5-11-12(6-10(9)15)19-3-2-18-11/h4-7,14,17H,2-3H2,1H3. The first-order valence-electron chi connectivity index (χ1n) is 6.19. The number of rotatable bonds is 3. The van der Waals surface area contributed by atoms with Gasteiger partial charge < -0.3 is 14.8 Å². The first-order valence-corrected chi connectivity index (χ1v) is 8.94. The lowest BCUT2D eigenvalue weighted by Crippen LogP contribution is -2.19. The van der Waals surface area contributed by atoms with Gasteiger partial charge in [0.25, 0.3) is 0 Å². The van der Waals surface area contributed by atoms with Gasteiger partial charge in [-0.15, -0.1) is 11.3 Å². The highest BCUT2D eigenvalue weighted by atomic mass is 127. The maximum Gasteiger partial charge on any atom is 0.162 e. The van der Waals surface area contributed by atoms with Crippen LogP contribution in [0.1, 0.15) is 17.2 Å². The summed E-state index contributed by atoms with van der Waals surface area (Å²) in [4.78, 5) is 0. The molecule has 1 aromatic heterocycles. The Morgan fingerprint density at radius 2 is 1.95 bits per heavy atom. The van der Waals surface area contributed by atoms with E-state index in [1.807, 2.05) is 13.1 Å². The van der Waals surface area contributed by atoms with Crippen LogP contribution in [-0.4, -0.2) is 20.3 Å². The molecule has 2 aromatic rings. The average Bonchev–Trinajstić information content (AvgIpc) is 2.86. The van der Waals surface area contributed by atoms with Gasteiger partial charge in [-0.25, -0.2) is 0 Å². The van der Waals surface area contributed by atoms with Crippen LogP contribution in [0.15, 0.2) is 28.1 Å². The first kappa shape index (κ1) is 14.6. The van der Waals surface area contributed by atoms with Crippen molar-refractivity contribution in [2.45, 2.75) is 6.04 Å². The molecule has 0 aliphatic carbocycles. The van der Waals surface area contributed by atoms with Gasteiger partial charge in [0.05, 0.1) is 8.93 Å². The Morgan fingerprint density at radius 1 is 1.25 bits per heavy atom. The molecule has 20 heavy (non-hydrogen) atoms. The van der Waals surface area contributed by atoms with E-state index in [0.717, 1.165) is 21.5 Å².